The second-order valence-corrected chi connectivity index (χ2v) is 20.8. The van der Waals surface area contributed by atoms with E-state index in [4.69, 9.17) is 8.85 Å². The number of rotatable bonds is 7. The molecule has 0 spiro atoms. The Labute approximate surface area is 128 Å². The molecule has 0 unspecified atom stereocenters. The molecule has 0 atom stereocenters. The van der Waals surface area contributed by atoms with Crippen LogP contribution >= 0.6 is 0 Å². The van der Waals surface area contributed by atoms with Crippen LogP contribution in [0.3, 0.4) is 0 Å². The third kappa shape index (κ3) is 5.95. The van der Waals surface area contributed by atoms with Crippen LogP contribution in [0, 0.1) is 0 Å². The standard InChI is InChI=1S/C14H33NO2Si3/c1-8-19(4,5)17-20(6,7)14-13-18(2,3)15-9-11-16-12-10-15/h8H,1,9-14H2,2-7H3. The first-order valence-electron chi connectivity index (χ1n) is 7.75. The fraction of sp³-hybridized carbons (Fsp3) is 0.857. The zero-order chi connectivity index (χ0) is 15.4. The van der Waals surface area contributed by atoms with E-state index in [-0.39, 0.29) is 0 Å². The van der Waals surface area contributed by atoms with E-state index >= 15 is 0 Å². The van der Waals surface area contributed by atoms with E-state index in [9.17, 15) is 0 Å². The minimum atomic E-state index is -1.64. The monoisotopic (exact) mass is 331 g/mol. The van der Waals surface area contributed by atoms with Gasteiger partial charge in [0.15, 0.2) is 16.6 Å². The van der Waals surface area contributed by atoms with E-state index in [1.165, 1.54) is 12.1 Å². The maximum atomic E-state index is 6.50. The first-order chi connectivity index (χ1) is 9.08. The topological polar surface area (TPSA) is 21.7 Å². The van der Waals surface area contributed by atoms with Gasteiger partial charge in [-0.15, -0.1) is 6.58 Å². The van der Waals surface area contributed by atoms with Gasteiger partial charge in [-0.2, -0.15) is 0 Å². The van der Waals surface area contributed by atoms with Crippen molar-refractivity contribution in [3.05, 3.63) is 12.3 Å². The predicted octanol–water partition coefficient (Wildman–Crippen LogP) is 3.68. The van der Waals surface area contributed by atoms with Gasteiger partial charge in [0, 0.05) is 13.1 Å². The van der Waals surface area contributed by atoms with Crippen LogP contribution in [0.5, 0.6) is 0 Å². The lowest BCUT2D eigenvalue weighted by Crippen LogP contribution is -2.54. The van der Waals surface area contributed by atoms with E-state index in [1.807, 2.05) is 0 Å². The Morgan fingerprint density at radius 2 is 1.60 bits per heavy atom. The molecule has 20 heavy (non-hydrogen) atoms. The molecule has 0 amide bonds. The predicted molar refractivity (Wildman–Crippen MR) is 95.7 cm³/mol. The van der Waals surface area contributed by atoms with Crippen molar-refractivity contribution in [3.63, 3.8) is 0 Å². The summed E-state index contributed by atoms with van der Waals surface area (Å²) in [7, 11) is -4.51. The fourth-order valence-electron chi connectivity index (χ4n) is 2.74. The second-order valence-electron chi connectivity index (χ2n) is 7.58. The van der Waals surface area contributed by atoms with Gasteiger partial charge in [-0.1, -0.05) is 18.8 Å². The molecule has 0 radical (unpaired) electrons. The SMILES string of the molecule is C=C[Si](C)(C)O[Si](C)(C)CC[Si](C)(C)N1CCOCC1. The van der Waals surface area contributed by atoms with Gasteiger partial charge < -0.3 is 13.4 Å². The first kappa shape index (κ1) is 18.3. The quantitative estimate of drug-likeness (QED) is 0.664. The normalized spacial score (nSPS) is 19.1. The van der Waals surface area contributed by atoms with E-state index in [0.717, 1.165) is 26.3 Å². The summed E-state index contributed by atoms with van der Waals surface area (Å²) in [5.74, 6) is 0. The summed E-state index contributed by atoms with van der Waals surface area (Å²) in [6.07, 6.45) is 0. The number of hydrogen-bond acceptors (Lipinski definition) is 3. The summed E-state index contributed by atoms with van der Waals surface area (Å²) < 4.78 is 14.7. The number of morpholine rings is 1. The fourth-order valence-corrected chi connectivity index (χ4v) is 15.7. The number of hydrogen-bond donors (Lipinski definition) is 0. The highest BCUT2D eigenvalue weighted by atomic mass is 28.4. The minimum Gasteiger partial charge on any atom is -0.453 e. The molecule has 0 bridgehead atoms. The molecule has 1 rings (SSSR count). The Balaban J connectivity index is 2.53. The van der Waals surface area contributed by atoms with Crippen molar-refractivity contribution >= 4 is 24.9 Å². The molecule has 1 aliphatic heterocycles. The number of nitrogens with zero attached hydrogens (tertiary/aromatic N) is 1. The molecule has 0 N–H and O–H groups in total. The summed E-state index contributed by atoms with van der Waals surface area (Å²) in [6, 6.07) is 2.61. The molecule has 0 aromatic rings. The number of ether oxygens (including phenoxy) is 1. The van der Waals surface area contributed by atoms with Crippen LogP contribution in [0.1, 0.15) is 0 Å². The summed E-state index contributed by atoms with van der Waals surface area (Å²) >= 11 is 0. The Morgan fingerprint density at radius 1 is 1.05 bits per heavy atom. The van der Waals surface area contributed by atoms with Crippen molar-refractivity contribution in [2.45, 2.75) is 51.4 Å². The lowest BCUT2D eigenvalue weighted by atomic mass is 10.5. The molecule has 0 saturated carbocycles. The van der Waals surface area contributed by atoms with Gasteiger partial charge in [-0.25, -0.2) is 0 Å². The van der Waals surface area contributed by atoms with Crippen molar-refractivity contribution in [1.82, 2.24) is 4.57 Å². The van der Waals surface area contributed by atoms with Crippen molar-refractivity contribution in [3.8, 4) is 0 Å². The first-order valence-corrected chi connectivity index (χ1v) is 17.0. The van der Waals surface area contributed by atoms with Crippen LogP contribution in [0.15, 0.2) is 12.3 Å². The lowest BCUT2D eigenvalue weighted by molar-refractivity contribution is 0.0689. The van der Waals surface area contributed by atoms with Gasteiger partial charge >= 0.3 is 0 Å². The van der Waals surface area contributed by atoms with E-state index in [1.54, 1.807) is 0 Å². The van der Waals surface area contributed by atoms with Crippen LogP contribution in [0.4, 0.5) is 0 Å². The van der Waals surface area contributed by atoms with Gasteiger partial charge in [0.2, 0.25) is 0 Å². The van der Waals surface area contributed by atoms with Crippen molar-refractivity contribution in [2.24, 2.45) is 0 Å². The molecule has 1 heterocycles. The van der Waals surface area contributed by atoms with E-state index in [2.05, 4.69) is 56.1 Å². The Kier molecular flexibility index (Phi) is 6.43. The van der Waals surface area contributed by atoms with Gasteiger partial charge in [-0.3, -0.25) is 0 Å². The third-order valence-electron chi connectivity index (χ3n) is 4.24. The average molecular weight is 332 g/mol. The van der Waals surface area contributed by atoms with E-state index < -0.39 is 24.9 Å². The Bertz CT molecular complexity index is 326. The van der Waals surface area contributed by atoms with Crippen LogP contribution in [0.25, 0.3) is 0 Å². The maximum Gasteiger partial charge on any atom is 0.197 e. The van der Waals surface area contributed by atoms with Crippen LogP contribution in [-0.2, 0) is 8.85 Å². The summed E-state index contributed by atoms with van der Waals surface area (Å²) in [6.45, 7) is 22.2. The van der Waals surface area contributed by atoms with Gasteiger partial charge in [-0.05, 0) is 38.3 Å². The largest absolute Gasteiger partial charge is 0.453 e. The Hall–Kier alpha value is 0.271. The molecule has 6 heteroatoms. The van der Waals surface area contributed by atoms with Gasteiger partial charge in [0.1, 0.15) is 8.24 Å². The van der Waals surface area contributed by atoms with Crippen LogP contribution in [-0.4, -0.2) is 55.7 Å². The highest BCUT2D eigenvalue weighted by molar-refractivity contribution is 6.88. The summed E-state index contributed by atoms with van der Waals surface area (Å²) in [5.41, 5.74) is 2.06. The van der Waals surface area contributed by atoms with Gasteiger partial charge in [0.25, 0.3) is 0 Å². The minimum absolute atomic E-state index is 0.907. The summed E-state index contributed by atoms with van der Waals surface area (Å²) in [4.78, 5) is 0. The van der Waals surface area contributed by atoms with Gasteiger partial charge in [0.05, 0.1) is 13.2 Å². The molecule has 0 aromatic heterocycles. The highest BCUT2D eigenvalue weighted by Gasteiger charge is 2.36. The molecular weight excluding hydrogens is 298 g/mol. The molecule has 0 aliphatic carbocycles. The average Bonchev–Trinajstić information content (AvgIpc) is 2.37. The lowest BCUT2D eigenvalue weighted by Gasteiger charge is -2.41. The molecule has 118 valence electrons. The van der Waals surface area contributed by atoms with Crippen LogP contribution in [0.2, 0.25) is 51.4 Å². The summed E-state index contributed by atoms with van der Waals surface area (Å²) in [5, 5.41) is 0. The molecule has 3 nitrogen and oxygen atoms in total. The highest BCUT2D eigenvalue weighted by Crippen LogP contribution is 2.27. The van der Waals surface area contributed by atoms with Crippen LogP contribution < -0.4 is 0 Å². The zero-order valence-corrected chi connectivity index (χ0v) is 17.3. The van der Waals surface area contributed by atoms with Crippen molar-refractivity contribution in [1.29, 1.82) is 0 Å². The molecule has 1 fully saturated rings. The van der Waals surface area contributed by atoms with E-state index in [0.29, 0.717) is 0 Å². The molecular formula is C14H33NO2Si3. The molecule has 1 aliphatic rings. The third-order valence-corrected chi connectivity index (χ3v) is 15.1. The Morgan fingerprint density at radius 3 is 2.10 bits per heavy atom. The van der Waals surface area contributed by atoms with Crippen molar-refractivity contribution < 1.29 is 8.85 Å². The molecule has 0 aromatic carbocycles. The smallest absolute Gasteiger partial charge is 0.197 e. The zero-order valence-electron chi connectivity index (χ0n) is 14.3. The second kappa shape index (κ2) is 7.02. The molecule has 1 saturated heterocycles. The maximum absolute atomic E-state index is 6.50. The van der Waals surface area contributed by atoms with Crippen molar-refractivity contribution in [2.75, 3.05) is 26.3 Å².